The van der Waals surface area contributed by atoms with E-state index in [1.807, 2.05) is 30.3 Å². The lowest BCUT2D eigenvalue weighted by atomic mass is 9.84. The van der Waals surface area contributed by atoms with Gasteiger partial charge in [0.2, 0.25) is 0 Å². The van der Waals surface area contributed by atoms with Crippen LogP contribution in [0.3, 0.4) is 0 Å². The van der Waals surface area contributed by atoms with Crippen LogP contribution < -0.4 is 5.32 Å². The van der Waals surface area contributed by atoms with Crippen LogP contribution in [0.2, 0.25) is 0 Å². The summed E-state index contributed by atoms with van der Waals surface area (Å²) < 4.78 is 0. The molecule has 0 saturated heterocycles. The minimum absolute atomic E-state index is 0.123. The Morgan fingerprint density at radius 3 is 2.78 bits per heavy atom. The van der Waals surface area contributed by atoms with Gasteiger partial charge in [-0.15, -0.1) is 5.10 Å². The van der Waals surface area contributed by atoms with Gasteiger partial charge in [-0.3, -0.25) is 4.79 Å². The van der Waals surface area contributed by atoms with Crippen molar-refractivity contribution in [1.82, 2.24) is 20.3 Å². The molecule has 0 unspecified atom stereocenters. The number of fused-ring (bicyclic) bond motifs is 2. The smallest absolute Gasteiger partial charge is 0.273 e. The first kappa shape index (κ1) is 14.4. The molecule has 23 heavy (non-hydrogen) atoms. The van der Waals surface area contributed by atoms with E-state index in [9.17, 15) is 4.79 Å². The van der Waals surface area contributed by atoms with Gasteiger partial charge in [-0.25, -0.2) is 0 Å². The average Bonchev–Trinajstić information content (AvgIpc) is 3.31. The molecule has 0 aliphatic heterocycles. The molecule has 2 fully saturated rings. The highest BCUT2D eigenvalue weighted by atomic mass is 16.2. The van der Waals surface area contributed by atoms with Crippen molar-refractivity contribution in [2.75, 3.05) is 0 Å². The lowest BCUT2D eigenvalue weighted by Gasteiger charge is -2.28. The van der Waals surface area contributed by atoms with Crippen molar-refractivity contribution in [3.8, 4) is 5.69 Å². The topological polar surface area (TPSA) is 59.8 Å². The zero-order chi connectivity index (χ0) is 15.8. The number of amides is 1. The third kappa shape index (κ3) is 2.76. The van der Waals surface area contributed by atoms with Gasteiger partial charge in [-0.05, 0) is 56.1 Å². The van der Waals surface area contributed by atoms with Crippen LogP contribution in [0, 0.1) is 17.8 Å². The summed E-state index contributed by atoms with van der Waals surface area (Å²) in [5.74, 6) is 2.20. The predicted octanol–water partition coefficient (Wildman–Crippen LogP) is 2.82. The molecular formula is C18H22N4O. The number of benzene rings is 1. The van der Waals surface area contributed by atoms with E-state index in [1.165, 1.54) is 36.7 Å². The van der Waals surface area contributed by atoms with Crippen molar-refractivity contribution >= 4 is 5.91 Å². The lowest BCUT2D eigenvalue weighted by molar-refractivity contribution is 0.0910. The van der Waals surface area contributed by atoms with Crippen molar-refractivity contribution in [2.45, 2.75) is 38.6 Å². The van der Waals surface area contributed by atoms with Gasteiger partial charge in [-0.2, -0.15) is 9.90 Å². The number of carbonyl (C=O) groups is 1. The van der Waals surface area contributed by atoms with E-state index >= 15 is 0 Å². The first-order valence-corrected chi connectivity index (χ1v) is 8.49. The van der Waals surface area contributed by atoms with Gasteiger partial charge in [0.25, 0.3) is 5.91 Å². The Bertz CT molecular complexity index is 696. The number of hydrogen-bond acceptors (Lipinski definition) is 3. The van der Waals surface area contributed by atoms with Crippen molar-refractivity contribution in [3.05, 3.63) is 42.2 Å². The molecule has 2 saturated carbocycles. The molecular weight excluding hydrogens is 288 g/mol. The van der Waals surface area contributed by atoms with Gasteiger partial charge >= 0.3 is 0 Å². The highest BCUT2D eigenvalue weighted by molar-refractivity contribution is 5.92. The molecule has 1 heterocycles. The van der Waals surface area contributed by atoms with Crippen LogP contribution in [0.4, 0.5) is 0 Å². The minimum atomic E-state index is -0.123. The molecule has 1 amide bonds. The van der Waals surface area contributed by atoms with Crippen molar-refractivity contribution in [3.63, 3.8) is 0 Å². The Morgan fingerprint density at radius 2 is 2.09 bits per heavy atom. The van der Waals surface area contributed by atoms with Crippen molar-refractivity contribution in [2.24, 2.45) is 17.8 Å². The van der Waals surface area contributed by atoms with E-state index in [0.29, 0.717) is 11.6 Å². The van der Waals surface area contributed by atoms with Crippen LogP contribution in [0.25, 0.3) is 5.69 Å². The summed E-state index contributed by atoms with van der Waals surface area (Å²) >= 11 is 0. The second-order valence-corrected chi connectivity index (χ2v) is 6.96. The van der Waals surface area contributed by atoms with Gasteiger partial charge in [0.1, 0.15) is 0 Å². The molecule has 2 aliphatic carbocycles. The number of carbonyl (C=O) groups excluding carboxylic acids is 1. The molecule has 4 rings (SSSR count). The van der Waals surface area contributed by atoms with Crippen LogP contribution >= 0.6 is 0 Å². The summed E-state index contributed by atoms with van der Waals surface area (Å²) in [6.45, 7) is 2.13. The fraction of sp³-hybridized carbons (Fsp3) is 0.500. The fourth-order valence-corrected chi connectivity index (χ4v) is 4.35. The molecule has 4 atom stereocenters. The van der Waals surface area contributed by atoms with E-state index in [-0.39, 0.29) is 11.9 Å². The third-order valence-corrected chi connectivity index (χ3v) is 5.51. The van der Waals surface area contributed by atoms with Crippen molar-refractivity contribution in [1.29, 1.82) is 0 Å². The summed E-state index contributed by atoms with van der Waals surface area (Å²) in [5.41, 5.74) is 1.23. The van der Waals surface area contributed by atoms with Gasteiger partial charge in [0.05, 0.1) is 11.9 Å². The van der Waals surface area contributed by atoms with Crippen LogP contribution in [0.1, 0.15) is 43.1 Å². The summed E-state index contributed by atoms with van der Waals surface area (Å²) in [4.78, 5) is 13.9. The standard InChI is InChI=1S/C18H22N4O/c1-12(16-10-13-7-8-14(16)9-13)20-18(23)17-11-19-22(21-17)15-5-3-2-4-6-15/h2-6,11-14,16H,7-10H2,1H3,(H,20,23)/t12-,13+,14+,16+/m1/s1. The summed E-state index contributed by atoms with van der Waals surface area (Å²) in [6.07, 6.45) is 6.88. The van der Waals surface area contributed by atoms with E-state index in [1.54, 1.807) is 0 Å². The van der Waals surface area contributed by atoms with Crippen LogP contribution in [0.5, 0.6) is 0 Å². The van der Waals surface area contributed by atoms with Crippen molar-refractivity contribution < 1.29 is 4.79 Å². The molecule has 1 aromatic carbocycles. The maximum Gasteiger partial charge on any atom is 0.273 e. The maximum atomic E-state index is 12.4. The van der Waals surface area contributed by atoms with E-state index in [2.05, 4.69) is 22.4 Å². The largest absolute Gasteiger partial charge is 0.348 e. The Labute approximate surface area is 136 Å². The van der Waals surface area contributed by atoms with Gasteiger partial charge in [-0.1, -0.05) is 24.6 Å². The lowest BCUT2D eigenvalue weighted by Crippen LogP contribution is -2.40. The first-order chi connectivity index (χ1) is 11.2. The number of aromatic nitrogens is 3. The quantitative estimate of drug-likeness (QED) is 0.944. The third-order valence-electron chi connectivity index (χ3n) is 5.51. The molecule has 120 valence electrons. The Hall–Kier alpha value is -2.17. The highest BCUT2D eigenvalue weighted by Gasteiger charge is 2.42. The zero-order valence-electron chi connectivity index (χ0n) is 13.4. The maximum absolute atomic E-state index is 12.4. The molecule has 2 aliphatic rings. The molecule has 5 nitrogen and oxygen atoms in total. The molecule has 1 N–H and O–H groups in total. The number of hydrogen-bond donors (Lipinski definition) is 1. The Balaban J connectivity index is 1.42. The minimum Gasteiger partial charge on any atom is -0.348 e. The average molecular weight is 310 g/mol. The number of para-hydroxylation sites is 1. The van der Waals surface area contributed by atoms with Crippen LogP contribution in [-0.2, 0) is 0 Å². The van der Waals surface area contributed by atoms with E-state index < -0.39 is 0 Å². The van der Waals surface area contributed by atoms with Gasteiger partial charge < -0.3 is 5.32 Å². The summed E-state index contributed by atoms with van der Waals surface area (Å²) in [7, 11) is 0. The Morgan fingerprint density at radius 1 is 1.26 bits per heavy atom. The predicted molar refractivity (Wildman–Crippen MR) is 87.2 cm³/mol. The molecule has 1 aromatic heterocycles. The van der Waals surface area contributed by atoms with E-state index in [4.69, 9.17) is 0 Å². The summed E-state index contributed by atoms with van der Waals surface area (Å²) in [5, 5.41) is 11.6. The van der Waals surface area contributed by atoms with Crippen LogP contribution in [0.15, 0.2) is 36.5 Å². The van der Waals surface area contributed by atoms with Crippen LogP contribution in [-0.4, -0.2) is 26.9 Å². The SMILES string of the molecule is C[C@@H](NC(=O)c1cnn(-c2ccccc2)n1)[C@@H]1C[C@H]2CC[C@H]1C2. The fourth-order valence-electron chi connectivity index (χ4n) is 4.35. The molecule has 2 aromatic rings. The molecule has 0 spiro atoms. The molecule has 0 radical (unpaired) electrons. The molecule has 5 heteroatoms. The zero-order valence-corrected chi connectivity index (χ0v) is 13.4. The number of nitrogens with one attached hydrogen (secondary N) is 1. The van der Waals surface area contributed by atoms with Gasteiger partial charge in [0, 0.05) is 6.04 Å². The first-order valence-electron chi connectivity index (χ1n) is 8.49. The number of rotatable bonds is 4. The summed E-state index contributed by atoms with van der Waals surface area (Å²) in [6, 6.07) is 9.84. The molecule has 2 bridgehead atoms. The second kappa shape index (κ2) is 5.80. The Kier molecular flexibility index (Phi) is 3.63. The monoisotopic (exact) mass is 310 g/mol. The van der Waals surface area contributed by atoms with Gasteiger partial charge in [0.15, 0.2) is 5.69 Å². The van der Waals surface area contributed by atoms with E-state index in [0.717, 1.165) is 17.5 Å². The number of nitrogens with zero attached hydrogens (tertiary/aromatic N) is 3. The highest BCUT2D eigenvalue weighted by Crippen LogP contribution is 2.49. The normalized spacial score (nSPS) is 27.1. The second-order valence-electron chi connectivity index (χ2n) is 6.96.